The number of thiophene rings is 1. The van der Waals surface area contributed by atoms with Crippen molar-refractivity contribution in [1.82, 2.24) is 19.4 Å². The van der Waals surface area contributed by atoms with Gasteiger partial charge in [0.15, 0.2) is 5.11 Å². The minimum atomic E-state index is -0.203. The number of aryl methyl sites for hydroxylation is 2. The molecule has 148 valence electrons. The summed E-state index contributed by atoms with van der Waals surface area (Å²) in [5.74, 6) is 0. The molecule has 2 aromatic heterocycles. The van der Waals surface area contributed by atoms with E-state index in [0.29, 0.717) is 25.0 Å². The van der Waals surface area contributed by atoms with Gasteiger partial charge in [0.05, 0.1) is 11.9 Å². The molecule has 2 aromatic rings. The maximum absolute atomic E-state index is 13.0. The standard InChI is InChI=1S/C19H28N4O2S2/c1-6-22-15(24)14-12(2)13(11-21-10-8-20-17(21)26)27-16(14)23(18(22)25)9-7-19(3,4)5/h6-11H2,1-5H3,(H,20,26). The number of aromatic nitrogens is 2. The number of nitrogens with one attached hydrogen (secondary N) is 1. The molecule has 1 aliphatic rings. The Morgan fingerprint density at radius 1 is 1.22 bits per heavy atom. The monoisotopic (exact) mass is 408 g/mol. The Morgan fingerprint density at radius 3 is 2.48 bits per heavy atom. The summed E-state index contributed by atoms with van der Waals surface area (Å²) in [5.41, 5.74) is 0.708. The molecule has 1 aliphatic heterocycles. The number of hydrogen-bond acceptors (Lipinski definition) is 4. The minimum absolute atomic E-state index is 0.113. The topological polar surface area (TPSA) is 59.3 Å². The molecule has 0 amide bonds. The Balaban J connectivity index is 2.15. The fourth-order valence-electron chi connectivity index (χ4n) is 3.35. The van der Waals surface area contributed by atoms with Crippen LogP contribution < -0.4 is 16.6 Å². The van der Waals surface area contributed by atoms with Crippen LogP contribution in [0, 0.1) is 12.3 Å². The third-order valence-corrected chi connectivity index (χ3v) is 6.78. The van der Waals surface area contributed by atoms with Crippen molar-refractivity contribution < 1.29 is 0 Å². The van der Waals surface area contributed by atoms with Gasteiger partial charge < -0.3 is 10.2 Å². The van der Waals surface area contributed by atoms with Crippen molar-refractivity contribution in [1.29, 1.82) is 0 Å². The zero-order valence-electron chi connectivity index (χ0n) is 16.7. The summed E-state index contributed by atoms with van der Waals surface area (Å²) in [6.45, 7) is 13.7. The van der Waals surface area contributed by atoms with Crippen LogP contribution in [0.5, 0.6) is 0 Å². The van der Waals surface area contributed by atoms with Gasteiger partial charge in [0.2, 0.25) is 0 Å². The summed E-state index contributed by atoms with van der Waals surface area (Å²) < 4.78 is 3.16. The molecule has 0 bridgehead atoms. The van der Waals surface area contributed by atoms with Gasteiger partial charge in [0, 0.05) is 31.1 Å². The lowest BCUT2D eigenvalue weighted by Gasteiger charge is -2.19. The van der Waals surface area contributed by atoms with Crippen molar-refractivity contribution in [2.24, 2.45) is 5.41 Å². The number of nitrogens with zero attached hydrogens (tertiary/aromatic N) is 3. The van der Waals surface area contributed by atoms with Crippen LogP contribution in [0.3, 0.4) is 0 Å². The summed E-state index contributed by atoms with van der Waals surface area (Å²) in [6.07, 6.45) is 0.871. The number of thiocarbonyl (C=S) groups is 1. The predicted molar refractivity (Wildman–Crippen MR) is 116 cm³/mol. The molecule has 1 saturated heterocycles. The van der Waals surface area contributed by atoms with E-state index in [9.17, 15) is 9.59 Å². The summed E-state index contributed by atoms with van der Waals surface area (Å²) >= 11 is 6.91. The number of hydrogen-bond donors (Lipinski definition) is 1. The van der Waals surface area contributed by atoms with Crippen molar-refractivity contribution in [3.63, 3.8) is 0 Å². The lowest BCUT2D eigenvalue weighted by Crippen LogP contribution is -2.39. The number of fused-ring (bicyclic) bond motifs is 1. The maximum Gasteiger partial charge on any atom is 0.332 e. The molecule has 1 fully saturated rings. The second kappa shape index (κ2) is 7.39. The zero-order chi connectivity index (χ0) is 19.9. The van der Waals surface area contributed by atoms with Crippen molar-refractivity contribution in [2.75, 3.05) is 13.1 Å². The lowest BCUT2D eigenvalue weighted by atomic mass is 9.92. The van der Waals surface area contributed by atoms with E-state index in [-0.39, 0.29) is 16.7 Å². The maximum atomic E-state index is 13.0. The Morgan fingerprint density at radius 2 is 1.93 bits per heavy atom. The molecule has 3 rings (SSSR count). The molecule has 0 atom stereocenters. The van der Waals surface area contributed by atoms with Crippen LogP contribution in [0.4, 0.5) is 0 Å². The molecule has 1 N–H and O–H groups in total. The van der Waals surface area contributed by atoms with Crippen LogP contribution in [0.15, 0.2) is 9.59 Å². The molecule has 0 saturated carbocycles. The van der Waals surface area contributed by atoms with Crippen molar-refractivity contribution >= 4 is 38.9 Å². The molecule has 0 aromatic carbocycles. The van der Waals surface area contributed by atoms with Gasteiger partial charge in [-0.05, 0) is 43.5 Å². The van der Waals surface area contributed by atoms with Gasteiger partial charge >= 0.3 is 5.69 Å². The van der Waals surface area contributed by atoms with Gasteiger partial charge in [-0.15, -0.1) is 11.3 Å². The number of rotatable bonds is 5. The van der Waals surface area contributed by atoms with E-state index < -0.39 is 0 Å². The van der Waals surface area contributed by atoms with Gasteiger partial charge in [-0.3, -0.25) is 13.9 Å². The molecule has 3 heterocycles. The average molecular weight is 409 g/mol. The van der Waals surface area contributed by atoms with Crippen LogP contribution in [0.25, 0.3) is 10.2 Å². The van der Waals surface area contributed by atoms with E-state index in [1.54, 1.807) is 15.9 Å². The molecule has 0 spiro atoms. The fraction of sp³-hybridized carbons (Fsp3) is 0.632. The van der Waals surface area contributed by atoms with Gasteiger partial charge in [-0.25, -0.2) is 4.79 Å². The zero-order valence-corrected chi connectivity index (χ0v) is 18.4. The van der Waals surface area contributed by atoms with E-state index in [4.69, 9.17) is 12.2 Å². The van der Waals surface area contributed by atoms with E-state index in [0.717, 1.165) is 39.9 Å². The first-order valence-corrected chi connectivity index (χ1v) is 10.6. The van der Waals surface area contributed by atoms with E-state index in [2.05, 4.69) is 31.0 Å². The molecular weight excluding hydrogens is 380 g/mol. The van der Waals surface area contributed by atoms with Crippen LogP contribution in [-0.2, 0) is 19.6 Å². The summed E-state index contributed by atoms with van der Waals surface area (Å²) in [5, 5.41) is 4.61. The highest BCUT2D eigenvalue weighted by Crippen LogP contribution is 2.30. The van der Waals surface area contributed by atoms with E-state index >= 15 is 0 Å². The SMILES string of the molecule is CCn1c(=O)c2c(C)c(CN3CCNC3=S)sc2n(CCC(C)(C)C)c1=O. The fourth-order valence-corrected chi connectivity index (χ4v) is 4.94. The first-order valence-electron chi connectivity index (χ1n) is 9.42. The lowest BCUT2D eigenvalue weighted by molar-refractivity contribution is 0.347. The van der Waals surface area contributed by atoms with Gasteiger partial charge in [0.25, 0.3) is 5.56 Å². The van der Waals surface area contributed by atoms with Crippen LogP contribution in [0.2, 0.25) is 0 Å². The summed E-state index contributed by atoms with van der Waals surface area (Å²) in [7, 11) is 0. The van der Waals surface area contributed by atoms with Gasteiger partial charge in [0.1, 0.15) is 4.83 Å². The van der Waals surface area contributed by atoms with Crippen LogP contribution in [0.1, 0.15) is 44.6 Å². The quantitative estimate of drug-likeness (QED) is 0.771. The molecule has 27 heavy (non-hydrogen) atoms. The smallest absolute Gasteiger partial charge is 0.332 e. The molecule has 0 unspecified atom stereocenters. The second-order valence-corrected chi connectivity index (χ2v) is 9.75. The molecular formula is C19H28N4O2S2. The molecule has 0 aliphatic carbocycles. The second-order valence-electron chi connectivity index (χ2n) is 8.28. The Kier molecular flexibility index (Phi) is 5.49. The Hall–Kier alpha value is -1.67. The van der Waals surface area contributed by atoms with Crippen molar-refractivity contribution in [3.8, 4) is 0 Å². The third-order valence-electron chi connectivity index (χ3n) is 5.07. The third kappa shape index (κ3) is 3.82. The minimum Gasteiger partial charge on any atom is -0.361 e. The van der Waals surface area contributed by atoms with Gasteiger partial charge in [-0.2, -0.15) is 0 Å². The molecule has 8 heteroatoms. The van der Waals surface area contributed by atoms with E-state index in [1.807, 2.05) is 13.8 Å². The van der Waals surface area contributed by atoms with E-state index in [1.165, 1.54) is 4.57 Å². The molecule has 0 radical (unpaired) electrons. The van der Waals surface area contributed by atoms with Crippen LogP contribution >= 0.6 is 23.6 Å². The van der Waals surface area contributed by atoms with Crippen molar-refractivity contribution in [2.45, 2.75) is 60.7 Å². The Labute approximate surface area is 168 Å². The predicted octanol–water partition coefficient (Wildman–Crippen LogP) is 2.68. The van der Waals surface area contributed by atoms with Crippen LogP contribution in [-0.4, -0.2) is 32.2 Å². The van der Waals surface area contributed by atoms with Crippen molar-refractivity contribution in [3.05, 3.63) is 31.3 Å². The Bertz CT molecular complexity index is 994. The molecule has 6 nitrogen and oxygen atoms in total. The highest BCUT2D eigenvalue weighted by molar-refractivity contribution is 7.80. The largest absolute Gasteiger partial charge is 0.361 e. The summed E-state index contributed by atoms with van der Waals surface area (Å²) in [4.78, 5) is 29.9. The highest BCUT2D eigenvalue weighted by atomic mass is 32.1. The highest BCUT2D eigenvalue weighted by Gasteiger charge is 2.23. The first kappa shape index (κ1) is 20.1. The summed E-state index contributed by atoms with van der Waals surface area (Å²) in [6, 6.07) is 0. The normalized spacial score (nSPS) is 15.0. The first-order chi connectivity index (χ1) is 12.6. The average Bonchev–Trinajstić information content (AvgIpc) is 3.11. The van der Waals surface area contributed by atoms with Gasteiger partial charge in [-0.1, -0.05) is 20.8 Å².